The van der Waals surface area contributed by atoms with Gasteiger partial charge in [-0.3, -0.25) is 19.4 Å². The normalized spacial score (nSPS) is 16.8. The van der Waals surface area contributed by atoms with Crippen LogP contribution in [0, 0.1) is 0 Å². The number of anilines is 1. The summed E-state index contributed by atoms with van der Waals surface area (Å²) in [6, 6.07) is 13.9. The second-order valence-corrected chi connectivity index (χ2v) is 8.05. The van der Waals surface area contributed by atoms with Crippen LogP contribution >= 0.6 is 11.8 Å². The zero-order chi connectivity index (χ0) is 23.4. The molecule has 1 saturated heterocycles. The summed E-state index contributed by atoms with van der Waals surface area (Å²) in [5.41, 5.74) is 1.58. The minimum Gasteiger partial charge on any atom is -0.497 e. The summed E-state index contributed by atoms with van der Waals surface area (Å²) in [5, 5.41) is 2.95. The van der Waals surface area contributed by atoms with Crippen LogP contribution < -0.4 is 19.7 Å². The molecule has 0 atom stereocenters. The van der Waals surface area contributed by atoms with E-state index in [4.69, 9.17) is 9.47 Å². The summed E-state index contributed by atoms with van der Waals surface area (Å²) >= 11 is 1.10. The van der Waals surface area contributed by atoms with Crippen LogP contribution in [0.25, 0.3) is 6.08 Å². The summed E-state index contributed by atoms with van der Waals surface area (Å²) in [7, 11) is 3.13. The Bertz CT molecular complexity index is 1150. The predicted molar refractivity (Wildman–Crippen MR) is 126 cm³/mol. The maximum absolute atomic E-state index is 13.3. The van der Waals surface area contributed by atoms with Crippen molar-refractivity contribution in [1.82, 2.24) is 10.2 Å². The molecule has 33 heavy (non-hydrogen) atoms. The number of thioether (sulfide) groups is 1. The number of rotatable bonds is 6. The zero-order valence-corrected chi connectivity index (χ0v) is 18.9. The molecule has 4 rings (SSSR count). The molecule has 170 valence electrons. The average Bonchev–Trinajstić information content (AvgIpc) is 3.40. The van der Waals surface area contributed by atoms with Crippen molar-refractivity contribution in [3.8, 4) is 11.5 Å². The van der Waals surface area contributed by atoms with Crippen LogP contribution in [-0.2, 0) is 9.59 Å². The van der Waals surface area contributed by atoms with E-state index in [2.05, 4.69) is 10.3 Å². The van der Waals surface area contributed by atoms with E-state index in [1.165, 1.54) is 4.90 Å². The van der Waals surface area contributed by atoms with Gasteiger partial charge in [-0.15, -0.1) is 0 Å². The summed E-state index contributed by atoms with van der Waals surface area (Å²) in [6.07, 6.45) is 1.68. The van der Waals surface area contributed by atoms with E-state index in [1.807, 2.05) is 12.1 Å². The average molecular weight is 467 g/mol. The molecule has 1 N–H and O–H groups in total. The van der Waals surface area contributed by atoms with Gasteiger partial charge in [-0.2, -0.15) is 0 Å². The van der Waals surface area contributed by atoms with Crippen LogP contribution in [0.15, 0.2) is 59.2 Å². The third-order valence-corrected chi connectivity index (χ3v) is 5.97. The first-order valence-corrected chi connectivity index (χ1v) is 11.1. The van der Waals surface area contributed by atoms with Crippen molar-refractivity contribution >= 4 is 46.5 Å². The number of carbonyl (C=O) groups excluding carboxylic acids is 3. The van der Waals surface area contributed by atoms with Gasteiger partial charge in [0.2, 0.25) is 5.91 Å². The summed E-state index contributed by atoms with van der Waals surface area (Å²) < 4.78 is 10.5. The van der Waals surface area contributed by atoms with E-state index in [0.29, 0.717) is 35.4 Å². The fourth-order valence-corrected chi connectivity index (χ4v) is 4.23. The second-order valence-electron chi connectivity index (χ2n) is 7.11. The molecule has 2 aliphatic rings. The van der Waals surface area contributed by atoms with Gasteiger partial charge in [0.15, 0.2) is 5.17 Å². The largest absolute Gasteiger partial charge is 0.497 e. The Kier molecular flexibility index (Phi) is 6.64. The van der Waals surface area contributed by atoms with Crippen molar-refractivity contribution in [3.05, 3.63) is 59.8 Å². The van der Waals surface area contributed by atoms with Gasteiger partial charge in [-0.1, -0.05) is 30.0 Å². The van der Waals surface area contributed by atoms with Crippen LogP contribution in [0.2, 0.25) is 0 Å². The second kappa shape index (κ2) is 9.78. The number of hydrogen-bond donors (Lipinski definition) is 1. The maximum Gasteiger partial charge on any atom is 0.324 e. The van der Waals surface area contributed by atoms with E-state index in [0.717, 1.165) is 22.2 Å². The number of imide groups is 1. The van der Waals surface area contributed by atoms with Gasteiger partial charge in [0.1, 0.15) is 17.2 Å². The number of nitrogens with one attached hydrogen (secondary N) is 1. The highest BCUT2D eigenvalue weighted by molar-refractivity contribution is 8.14. The lowest BCUT2D eigenvalue weighted by Crippen LogP contribution is -2.36. The predicted octanol–water partition coefficient (Wildman–Crippen LogP) is 2.73. The van der Waals surface area contributed by atoms with Crippen molar-refractivity contribution in [3.63, 3.8) is 0 Å². The molecule has 0 saturated carbocycles. The zero-order valence-electron chi connectivity index (χ0n) is 18.1. The van der Waals surface area contributed by atoms with Gasteiger partial charge in [0.25, 0.3) is 5.91 Å². The Morgan fingerprint density at radius 2 is 1.88 bits per heavy atom. The van der Waals surface area contributed by atoms with Gasteiger partial charge in [0, 0.05) is 19.2 Å². The third-order valence-electron chi connectivity index (χ3n) is 5.04. The molecule has 2 aliphatic heterocycles. The van der Waals surface area contributed by atoms with Crippen LogP contribution in [0.5, 0.6) is 11.5 Å². The fraction of sp³-hybridized carbons (Fsp3) is 0.217. The van der Waals surface area contributed by atoms with E-state index >= 15 is 0 Å². The van der Waals surface area contributed by atoms with E-state index in [1.54, 1.807) is 56.7 Å². The van der Waals surface area contributed by atoms with Crippen LogP contribution in [0.1, 0.15) is 5.56 Å². The number of carbonyl (C=O) groups is 3. The highest BCUT2D eigenvalue weighted by Crippen LogP contribution is 2.31. The quantitative estimate of drug-likeness (QED) is 0.657. The number of amidine groups is 1. The minimum atomic E-state index is -0.408. The first kappa shape index (κ1) is 22.4. The molecule has 1 fully saturated rings. The van der Waals surface area contributed by atoms with Crippen molar-refractivity contribution in [2.45, 2.75) is 0 Å². The Morgan fingerprint density at radius 1 is 1.12 bits per heavy atom. The number of aliphatic imine (C=N–C) groups is 1. The molecule has 0 unspecified atom stereocenters. The standard InChI is InChI=1S/C23H22N4O5S/c1-31-17-8-6-15(7-9-17)12-19-21(29)27(16-4-3-5-18(13-16)32-2)23(25-19)33-14-20(28)26-11-10-24-22(26)30/h3-9,12-13H,10-11,14H2,1-2H3,(H,24,30)/b19-12-. The number of methoxy groups -OCH3 is 2. The SMILES string of the molecule is COc1ccc(/C=C2\N=C(SCC(=O)N3CCNC3=O)N(c3cccc(OC)c3)C2=O)cc1. The van der Waals surface area contributed by atoms with Crippen molar-refractivity contribution in [2.75, 3.05) is 38.0 Å². The summed E-state index contributed by atoms with van der Waals surface area (Å²) in [5.74, 6) is 0.589. The smallest absolute Gasteiger partial charge is 0.324 e. The van der Waals surface area contributed by atoms with E-state index < -0.39 is 6.03 Å². The molecule has 2 aromatic rings. The van der Waals surface area contributed by atoms with Gasteiger partial charge >= 0.3 is 6.03 Å². The topological polar surface area (TPSA) is 101 Å². The third kappa shape index (κ3) is 4.85. The molecule has 2 heterocycles. The highest BCUT2D eigenvalue weighted by atomic mass is 32.2. The van der Waals surface area contributed by atoms with Crippen LogP contribution in [0.4, 0.5) is 10.5 Å². The van der Waals surface area contributed by atoms with Crippen molar-refractivity contribution in [1.29, 1.82) is 0 Å². The molecule has 0 spiro atoms. The van der Waals surface area contributed by atoms with E-state index in [-0.39, 0.29) is 23.3 Å². The lowest BCUT2D eigenvalue weighted by Gasteiger charge is -2.19. The molecule has 0 aliphatic carbocycles. The first-order chi connectivity index (χ1) is 16.0. The van der Waals surface area contributed by atoms with Gasteiger partial charge in [-0.25, -0.2) is 9.79 Å². The Balaban J connectivity index is 1.62. The Morgan fingerprint density at radius 3 is 2.55 bits per heavy atom. The number of nitrogens with zero attached hydrogens (tertiary/aromatic N) is 3. The fourth-order valence-electron chi connectivity index (χ4n) is 3.34. The number of ether oxygens (including phenoxy) is 2. The maximum atomic E-state index is 13.3. The van der Waals surface area contributed by atoms with Gasteiger partial charge in [0.05, 0.1) is 25.7 Å². The van der Waals surface area contributed by atoms with Crippen LogP contribution in [-0.4, -0.2) is 61.0 Å². The van der Waals surface area contributed by atoms with E-state index in [9.17, 15) is 14.4 Å². The molecule has 2 aromatic carbocycles. The number of urea groups is 1. The number of benzene rings is 2. The Hall–Kier alpha value is -3.79. The number of hydrogen-bond acceptors (Lipinski definition) is 7. The Labute approximate surface area is 195 Å². The van der Waals surface area contributed by atoms with Gasteiger partial charge < -0.3 is 14.8 Å². The molecular weight excluding hydrogens is 444 g/mol. The van der Waals surface area contributed by atoms with Gasteiger partial charge in [-0.05, 0) is 35.9 Å². The monoisotopic (exact) mass is 466 g/mol. The summed E-state index contributed by atoms with van der Waals surface area (Å²) in [6.45, 7) is 0.755. The lowest BCUT2D eigenvalue weighted by molar-refractivity contribution is -0.124. The van der Waals surface area contributed by atoms with Crippen molar-refractivity contribution < 1.29 is 23.9 Å². The molecule has 9 nitrogen and oxygen atoms in total. The molecule has 0 bridgehead atoms. The molecule has 4 amide bonds. The molecule has 10 heteroatoms. The lowest BCUT2D eigenvalue weighted by atomic mass is 10.2. The molecule has 0 radical (unpaired) electrons. The highest BCUT2D eigenvalue weighted by Gasteiger charge is 2.34. The number of amides is 4. The van der Waals surface area contributed by atoms with Crippen LogP contribution in [0.3, 0.4) is 0 Å². The first-order valence-electron chi connectivity index (χ1n) is 10.1. The summed E-state index contributed by atoms with van der Waals surface area (Å²) in [4.78, 5) is 44.7. The molecular formula is C23H22N4O5S. The molecule has 0 aromatic heterocycles. The minimum absolute atomic E-state index is 0.0319. The van der Waals surface area contributed by atoms with Crippen molar-refractivity contribution in [2.24, 2.45) is 4.99 Å².